The Bertz CT molecular complexity index is 734. The van der Waals surface area contributed by atoms with Gasteiger partial charge >= 0.3 is 0 Å². The fraction of sp³-hybridized carbons (Fsp3) is 0.700. The highest BCUT2D eigenvalue weighted by molar-refractivity contribution is 7.91. The minimum atomic E-state index is -3.16. The number of benzene rings is 1. The van der Waals surface area contributed by atoms with Crippen molar-refractivity contribution in [2.75, 3.05) is 24.2 Å². The second kappa shape index (κ2) is 7.13. The average Bonchev–Trinajstić information content (AvgIpc) is 3.05. The lowest BCUT2D eigenvalue weighted by atomic mass is 10.0. The van der Waals surface area contributed by atoms with Gasteiger partial charge in [0, 0.05) is 36.6 Å². The van der Waals surface area contributed by atoms with Gasteiger partial charge in [-0.2, -0.15) is 0 Å². The van der Waals surface area contributed by atoms with Crippen LogP contribution in [0.5, 0.6) is 0 Å². The van der Waals surface area contributed by atoms with Gasteiger partial charge in [-0.05, 0) is 62.8 Å². The van der Waals surface area contributed by atoms with Crippen molar-refractivity contribution in [2.24, 2.45) is 5.73 Å². The standard InChI is InChI=1S/C20H31N3O2S/c1-26(24,25)20-14-16(21)11-13-23(20)18-7-5-15(6-8-18)19-10-9-17-4-2-3-12-22(17)19/h5-8,16-17,19-20H,2-4,9-14,21H2,1H3/t16?,17-,19+,20?/m1/s1. The molecule has 2 unspecified atom stereocenters. The minimum Gasteiger partial charge on any atom is -0.355 e. The van der Waals surface area contributed by atoms with Crippen LogP contribution in [0.4, 0.5) is 5.69 Å². The fourth-order valence-corrected chi connectivity index (χ4v) is 6.45. The van der Waals surface area contributed by atoms with Gasteiger partial charge in [0.15, 0.2) is 9.84 Å². The lowest BCUT2D eigenvalue weighted by Crippen LogP contribution is -2.50. The van der Waals surface area contributed by atoms with Crippen molar-refractivity contribution in [3.63, 3.8) is 0 Å². The van der Waals surface area contributed by atoms with Crippen molar-refractivity contribution in [3.05, 3.63) is 29.8 Å². The molecule has 0 spiro atoms. The van der Waals surface area contributed by atoms with Crippen molar-refractivity contribution < 1.29 is 8.42 Å². The normalized spacial score (nSPS) is 33.2. The van der Waals surface area contributed by atoms with Crippen LogP contribution in [0.2, 0.25) is 0 Å². The zero-order valence-corrected chi connectivity index (χ0v) is 16.5. The van der Waals surface area contributed by atoms with Crippen LogP contribution in [0, 0.1) is 0 Å². The predicted molar refractivity (Wildman–Crippen MR) is 106 cm³/mol. The highest BCUT2D eigenvalue weighted by atomic mass is 32.2. The molecule has 5 nitrogen and oxygen atoms in total. The molecule has 0 aliphatic carbocycles. The lowest BCUT2D eigenvalue weighted by Gasteiger charge is -2.39. The number of anilines is 1. The number of nitrogens with zero attached hydrogens (tertiary/aromatic N) is 2. The monoisotopic (exact) mass is 377 g/mol. The summed E-state index contributed by atoms with van der Waals surface area (Å²) in [4.78, 5) is 4.72. The number of piperidine rings is 2. The Labute approximate surface area is 157 Å². The summed E-state index contributed by atoms with van der Waals surface area (Å²) in [6, 6.07) is 9.93. The minimum absolute atomic E-state index is 0.0280. The van der Waals surface area contributed by atoms with E-state index in [9.17, 15) is 8.42 Å². The quantitative estimate of drug-likeness (QED) is 0.877. The molecule has 1 aromatic carbocycles. The van der Waals surface area contributed by atoms with E-state index in [0.717, 1.165) is 18.2 Å². The summed E-state index contributed by atoms with van der Waals surface area (Å²) in [6.07, 6.45) is 9.27. The van der Waals surface area contributed by atoms with Crippen molar-refractivity contribution >= 4 is 15.5 Å². The summed E-state index contributed by atoms with van der Waals surface area (Å²) < 4.78 is 24.5. The van der Waals surface area contributed by atoms with Crippen LogP contribution in [-0.2, 0) is 9.84 Å². The number of sulfone groups is 1. The molecule has 144 valence electrons. The van der Waals surface area contributed by atoms with E-state index in [4.69, 9.17) is 5.73 Å². The Balaban J connectivity index is 1.54. The zero-order valence-electron chi connectivity index (χ0n) is 15.7. The number of nitrogens with two attached hydrogens (primary N) is 1. The summed E-state index contributed by atoms with van der Waals surface area (Å²) >= 11 is 0. The average molecular weight is 378 g/mol. The highest BCUT2D eigenvalue weighted by Gasteiger charge is 2.36. The number of hydrogen-bond donors (Lipinski definition) is 1. The van der Waals surface area contributed by atoms with E-state index in [1.807, 2.05) is 4.90 Å². The Morgan fingerprint density at radius 3 is 2.50 bits per heavy atom. The Morgan fingerprint density at radius 2 is 1.77 bits per heavy atom. The van der Waals surface area contributed by atoms with Gasteiger partial charge in [0.2, 0.25) is 0 Å². The van der Waals surface area contributed by atoms with Gasteiger partial charge in [-0.15, -0.1) is 0 Å². The molecule has 0 aromatic heterocycles. The molecule has 0 saturated carbocycles. The van der Waals surface area contributed by atoms with Gasteiger partial charge in [-0.25, -0.2) is 8.42 Å². The molecule has 3 fully saturated rings. The maximum absolute atomic E-state index is 12.2. The molecule has 2 N–H and O–H groups in total. The molecule has 1 aromatic rings. The Kier molecular flexibility index (Phi) is 5.01. The number of rotatable bonds is 3. The summed E-state index contributed by atoms with van der Waals surface area (Å²) in [7, 11) is -3.16. The molecule has 3 heterocycles. The first-order valence-electron chi connectivity index (χ1n) is 10.0. The van der Waals surface area contributed by atoms with E-state index in [-0.39, 0.29) is 6.04 Å². The first kappa shape index (κ1) is 18.3. The predicted octanol–water partition coefficient (Wildman–Crippen LogP) is 2.67. The van der Waals surface area contributed by atoms with Crippen LogP contribution >= 0.6 is 0 Å². The highest BCUT2D eigenvalue weighted by Crippen LogP contribution is 2.40. The second-order valence-corrected chi connectivity index (χ2v) is 10.5. The summed E-state index contributed by atoms with van der Waals surface area (Å²) in [6.45, 7) is 1.92. The zero-order chi connectivity index (χ0) is 18.3. The fourth-order valence-electron chi connectivity index (χ4n) is 5.16. The van der Waals surface area contributed by atoms with Crippen LogP contribution in [0.3, 0.4) is 0 Å². The molecule has 0 amide bonds. The molecule has 26 heavy (non-hydrogen) atoms. The summed E-state index contributed by atoms with van der Waals surface area (Å²) in [5.74, 6) is 0. The van der Waals surface area contributed by atoms with Crippen molar-refractivity contribution in [1.82, 2.24) is 4.90 Å². The first-order valence-corrected chi connectivity index (χ1v) is 12.0. The van der Waals surface area contributed by atoms with Gasteiger partial charge in [0.25, 0.3) is 0 Å². The third-order valence-electron chi connectivity index (χ3n) is 6.54. The van der Waals surface area contributed by atoms with E-state index < -0.39 is 15.2 Å². The molecule has 3 aliphatic heterocycles. The van der Waals surface area contributed by atoms with Crippen LogP contribution in [0.1, 0.15) is 56.6 Å². The van der Waals surface area contributed by atoms with E-state index in [2.05, 4.69) is 29.2 Å². The third kappa shape index (κ3) is 3.51. The van der Waals surface area contributed by atoms with Gasteiger partial charge in [0.05, 0.1) is 0 Å². The summed E-state index contributed by atoms with van der Waals surface area (Å²) in [5, 5.41) is -0.505. The van der Waals surface area contributed by atoms with Crippen LogP contribution in [0.25, 0.3) is 0 Å². The van der Waals surface area contributed by atoms with Gasteiger partial charge in [-0.3, -0.25) is 4.90 Å². The molecule has 4 rings (SSSR count). The molecule has 6 heteroatoms. The number of hydrogen-bond acceptors (Lipinski definition) is 5. The molecular formula is C20H31N3O2S. The molecular weight excluding hydrogens is 346 g/mol. The molecule has 3 aliphatic rings. The maximum atomic E-state index is 12.2. The van der Waals surface area contributed by atoms with E-state index in [1.165, 1.54) is 50.5 Å². The lowest BCUT2D eigenvalue weighted by molar-refractivity contribution is 0.150. The van der Waals surface area contributed by atoms with E-state index in [0.29, 0.717) is 19.0 Å². The Morgan fingerprint density at radius 1 is 1.00 bits per heavy atom. The second-order valence-electron chi connectivity index (χ2n) is 8.33. The largest absolute Gasteiger partial charge is 0.355 e. The van der Waals surface area contributed by atoms with Gasteiger partial charge in [0.1, 0.15) is 5.37 Å². The maximum Gasteiger partial charge on any atom is 0.168 e. The van der Waals surface area contributed by atoms with Crippen LogP contribution < -0.4 is 10.6 Å². The molecule has 4 atom stereocenters. The summed E-state index contributed by atoms with van der Waals surface area (Å²) in [5.41, 5.74) is 8.42. The molecule has 0 radical (unpaired) electrons. The van der Waals surface area contributed by atoms with Gasteiger partial charge < -0.3 is 10.6 Å². The topological polar surface area (TPSA) is 66.6 Å². The van der Waals surface area contributed by atoms with E-state index >= 15 is 0 Å². The van der Waals surface area contributed by atoms with Crippen LogP contribution in [-0.4, -0.2) is 50.1 Å². The van der Waals surface area contributed by atoms with E-state index in [1.54, 1.807) is 0 Å². The third-order valence-corrected chi connectivity index (χ3v) is 7.98. The molecule has 0 bridgehead atoms. The number of fused-ring (bicyclic) bond motifs is 1. The smallest absolute Gasteiger partial charge is 0.168 e. The van der Waals surface area contributed by atoms with Crippen molar-refractivity contribution in [2.45, 2.75) is 68.4 Å². The Hall–Kier alpha value is -1.11. The van der Waals surface area contributed by atoms with Gasteiger partial charge in [-0.1, -0.05) is 18.6 Å². The SMILES string of the molecule is CS(=O)(=O)C1CC(N)CCN1c1ccc([C@@H]2CC[C@H]3CCCCN32)cc1. The van der Waals surface area contributed by atoms with Crippen LogP contribution in [0.15, 0.2) is 24.3 Å². The van der Waals surface area contributed by atoms with Crippen molar-refractivity contribution in [1.29, 1.82) is 0 Å². The molecule has 3 saturated heterocycles. The van der Waals surface area contributed by atoms with Crippen molar-refractivity contribution in [3.8, 4) is 0 Å². The first-order chi connectivity index (χ1) is 12.4.